The lowest BCUT2D eigenvalue weighted by Crippen LogP contribution is -2.57. The zero-order valence-corrected chi connectivity index (χ0v) is 28.0. The summed E-state index contributed by atoms with van der Waals surface area (Å²) in [6, 6.07) is 2.26. The number of hydrogen-bond donors (Lipinski definition) is 10. The van der Waals surface area contributed by atoms with Crippen LogP contribution in [0.2, 0.25) is 0 Å². The summed E-state index contributed by atoms with van der Waals surface area (Å²) in [6.07, 6.45) is 3.75. The van der Waals surface area contributed by atoms with E-state index in [0.717, 1.165) is 0 Å². The van der Waals surface area contributed by atoms with Gasteiger partial charge >= 0.3 is 5.97 Å². The first-order valence-electron chi connectivity index (χ1n) is 16.3. The van der Waals surface area contributed by atoms with Gasteiger partial charge in [-0.2, -0.15) is 0 Å². The number of carbonyl (C=O) groups excluding carboxylic acids is 6. The SMILES string of the molecule is CC[C@@H](NC(=O)CC1NC(=O)CNC(=O)[C@H](CCCN=C(N)N)NC(=O)C(CCCCN)NC(=O)C(/C=C/c2ccccc2)NC1=O)C(=O)O. The van der Waals surface area contributed by atoms with Crippen molar-refractivity contribution in [3.63, 3.8) is 0 Å². The maximum absolute atomic E-state index is 13.7. The van der Waals surface area contributed by atoms with Gasteiger partial charge < -0.3 is 54.2 Å². The molecule has 18 heteroatoms. The van der Waals surface area contributed by atoms with Gasteiger partial charge in [0.1, 0.15) is 30.2 Å². The Bertz CT molecular complexity index is 1400. The number of benzene rings is 1. The van der Waals surface area contributed by atoms with Gasteiger partial charge in [0.25, 0.3) is 0 Å². The van der Waals surface area contributed by atoms with Crippen molar-refractivity contribution in [3.05, 3.63) is 42.0 Å². The van der Waals surface area contributed by atoms with Crippen LogP contribution in [0.3, 0.4) is 0 Å². The molecule has 5 atom stereocenters. The van der Waals surface area contributed by atoms with Crippen molar-refractivity contribution in [2.75, 3.05) is 19.6 Å². The minimum absolute atomic E-state index is 0.0508. The summed E-state index contributed by atoms with van der Waals surface area (Å²) < 4.78 is 0. The number of guanidine groups is 1. The van der Waals surface area contributed by atoms with Crippen LogP contribution in [0.5, 0.6) is 0 Å². The molecule has 0 bridgehead atoms. The summed E-state index contributed by atoms with van der Waals surface area (Å²) in [4.78, 5) is 95.3. The summed E-state index contributed by atoms with van der Waals surface area (Å²) in [5.41, 5.74) is 17.1. The van der Waals surface area contributed by atoms with E-state index in [9.17, 15) is 38.7 Å². The lowest BCUT2D eigenvalue weighted by atomic mass is 10.0. The largest absolute Gasteiger partial charge is 0.480 e. The molecule has 0 aromatic heterocycles. The van der Waals surface area contributed by atoms with E-state index in [4.69, 9.17) is 17.2 Å². The summed E-state index contributed by atoms with van der Waals surface area (Å²) in [5, 5.41) is 24.3. The van der Waals surface area contributed by atoms with E-state index < -0.39 is 84.6 Å². The second kappa shape index (κ2) is 21.5. The van der Waals surface area contributed by atoms with Crippen LogP contribution in [-0.4, -0.2) is 102 Å². The topological polar surface area (TPSA) is 302 Å². The number of carboxylic acids is 1. The first-order valence-corrected chi connectivity index (χ1v) is 16.3. The molecule has 1 aromatic rings. The van der Waals surface area contributed by atoms with Gasteiger partial charge in [-0.05, 0) is 50.6 Å². The average molecular weight is 701 g/mol. The number of carboxylic acid groups (broad SMARTS) is 1. The highest BCUT2D eigenvalue weighted by molar-refractivity contribution is 5.99. The van der Waals surface area contributed by atoms with Crippen molar-refractivity contribution in [1.82, 2.24) is 31.9 Å². The van der Waals surface area contributed by atoms with Crippen LogP contribution in [0.15, 0.2) is 41.4 Å². The Morgan fingerprint density at radius 2 is 1.54 bits per heavy atom. The Morgan fingerprint density at radius 3 is 2.18 bits per heavy atom. The number of nitrogens with one attached hydrogen (secondary N) is 6. The molecule has 13 N–H and O–H groups in total. The van der Waals surface area contributed by atoms with Gasteiger partial charge in [-0.15, -0.1) is 0 Å². The average Bonchev–Trinajstić information content (AvgIpc) is 3.08. The minimum atomic E-state index is -1.59. The Morgan fingerprint density at radius 1 is 0.900 bits per heavy atom. The number of nitrogens with zero attached hydrogens (tertiary/aromatic N) is 1. The number of amides is 6. The van der Waals surface area contributed by atoms with Crippen molar-refractivity contribution in [2.45, 2.75) is 82.1 Å². The molecule has 1 fully saturated rings. The quantitative estimate of drug-likeness (QED) is 0.0511. The molecule has 1 saturated heterocycles. The number of nitrogens with two attached hydrogens (primary N) is 3. The number of aliphatic carboxylic acids is 1. The van der Waals surface area contributed by atoms with Gasteiger partial charge in [-0.1, -0.05) is 49.4 Å². The normalized spacial score (nSPS) is 21.3. The smallest absolute Gasteiger partial charge is 0.326 e. The van der Waals surface area contributed by atoms with E-state index in [0.29, 0.717) is 24.9 Å². The first-order chi connectivity index (χ1) is 23.8. The molecule has 50 heavy (non-hydrogen) atoms. The first kappa shape index (κ1) is 40.7. The third-order valence-electron chi connectivity index (χ3n) is 7.53. The molecule has 1 aliphatic rings. The lowest BCUT2D eigenvalue weighted by molar-refractivity contribution is -0.142. The highest BCUT2D eigenvalue weighted by Crippen LogP contribution is 2.08. The molecular formula is C32H48N10O8. The van der Waals surface area contributed by atoms with Crippen molar-refractivity contribution in [3.8, 4) is 0 Å². The van der Waals surface area contributed by atoms with Gasteiger partial charge in [0.15, 0.2) is 5.96 Å². The third-order valence-corrected chi connectivity index (χ3v) is 7.53. The van der Waals surface area contributed by atoms with Crippen molar-refractivity contribution >= 4 is 53.4 Å². The molecule has 18 nitrogen and oxygen atoms in total. The van der Waals surface area contributed by atoms with Crippen LogP contribution >= 0.6 is 0 Å². The molecular weight excluding hydrogens is 652 g/mol. The van der Waals surface area contributed by atoms with Crippen LogP contribution in [-0.2, 0) is 33.6 Å². The monoisotopic (exact) mass is 700 g/mol. The molecule has 274 valence electrons. The van der Waals surface area contributed by atoms with E-state index in [2.05, 4.69) is 36.9 Å². The molecule has 6 amide bonds. The summed E-state index contributed by atoms with van der Waals surface area (Å²) in [6.45, 7) is 1.37. The standard InChI is InChI=1S/C32H48N10O8/c1-2-20(31(49)50)38-25(43)17-24-30(48)42-23(14-13-19-9-4-3-5-10-19)29(47)41-22(11-6-7-15-33)28(46)40-21(12-8-16-36-32(34)35)27(45)37-18-26(44)39-24/h3-5,9-10,13-14,20-24H,2,6-8,11-12,15-18,33H2,1H3,(H,37,45)(H,38,43)(H,39,44)(H,40,46)(H,41,47)(H,42,48)(H,49,50)(H4,34,35,36)/b14-13+/t20-,21+,22?,23?,24?/m1/s1. The maximum atomic E-state index is 13.7. The predicted octanol–water partition coefficient (Wildman–Crippen LogP) is -2.68. The molecule has 0 spiro atoms. The van der Waals surface area contributed by atoms with Crippen molar-refractivity contribution in [1.29, 1.82) is 0 Å². The van der Waals surface area contributed by atoms with E-state index in [1.54, 1.807) is 43.3 Å². The number of hydrogen-bond acceptors (Lipinski definition) is 9. The van der Waals surface area contributed by atoms with Gasteiger partial charge in [-0.3, -0.25) is 33.8 Å². The Hall–Kier alpha value is -5.52. The molecule has 0 radical (unpaired) electrons. The van der Waals surface area contributed by atoms with E-state index in [-0.39, 0.29) is 38.2 Å². The second-order valence-corrected chi connectivity index (χ2v) is 11.5. The number of aliphatic imine (C=N–C) groups is 1. The Labute approximate surface area is 289 Å². The molecule has 1 aliphatic heterocycles. The summed E-state index contributed by atoms with van der Waals surface area (Å²) in [7, 11) is 0. The van der Waals surface area contributed by atoms with Crippen LogP contribution in [0.25, 0.3) is 6.08 Å². The molecule has 1 heterocycles. The number of rotatable bonds is 15. The van der Waals surface area contributed by atoms with Crippen LogP contribution in [0.4, 0.5) is 0 Å². The number of carbonyl (C=O) groups is 7. The van der Waals surface area contributed by atoms with Crippen molar-refractivity contribution < 1.29 is 38.7 Å². The van der Waals surface area contributed by atoms with E-state index in [1.807, 2.05) is 0 Å². The minimum Gasteiger partial charge on any atom is -0.480 e. The Kier molecular flexibility index (Phi) is 17.4. The molecule has 3 unspecified atom stereocenters. The number of unbranched alkanes of at least 4 members (excludes halogenated alkanes) is 1. The fraction of sp³-hybridized carbons (Fsp3) is 0.500. The molecule has 2 rings (SSSR count). The molecule has 0 saturated carbocycles. The Balaban J connectivity index is 2.51. The second-order valence-electron chi connectivity index (χ2n) is 11.5. The van der Waals surface area contributed by atoms with Crippen LogP contribution in [0.1, 0.15) is 57.4 Å². The highest BCUT2D eigenvalue weighted by atomic mass is 16.4. The van der Waals surface area contributed by atoms with Crippen LogP contribution < -0.4 is 49.1 Å². The molecule has 1 aromatic carbocycles. The summed E-state index contributed by atoms with van der Waals surface area (Å²) in [5.74, 6) is -6.38. The van der Waals surface area contributed by atoms with Crippen molar-refractivity contribution in [2.24, 2.45) is 22.2 Å². The fourth-order valence-corrected chi connectivity index (χ4v) is 4.82. The molecule has 0 aliphatic carbocycles. The maximum Gasteiger partial charge on any atom is 0.326 e. The van der Waals surface area contributed by atoms with Gasteiger partial charge in [0, 0.05) is 6.54 Å². The third kappa shape index (κ3) is 14.7. The van der Waals surface area contributed by atoms with Gasteiger partial charge in [0.2, 0.25) is 35.4 Å². The zero-order chi connectivity index (χ0) is 37.1. The van der Waals surface area contributed by atoms with E-state index in [1.165, 1.54) is 6.08 Å². The lowest BCUT2D eigenvalue weighted by Gasteiger charge is -2.25. The fourth-order valence-electron chi connectivity index (χ4n) is 4.82. The zero-order valence-electron chi connectivity index (χ0n) is 28.0. The van der Waals surface area contributed by atoms with E-state index >= 15 is 0 Å². The predicted molar refractivity (Wildman–Crippen MR) is 183 cm³/mol. The van der Waals surface area contributed by atoms with Crippen LogP contribution in [0, 0.1) is 0 Å². The van der Waals surface area contributed by atoms with Gasteiger partial charge in [0.05, 0.1) is 13.0 Å². The summed E-state index contributed by atoms with van der Waals surface area (Å²) >= 11 is 0. The van der Waals surface area contributed by atoms with Gasteiger partial charge in [-0.25, -0.2) is 4.79 Å². The highest BCUT2D eigenvalue weighted by Gasteiger charge is 2.32.